The lowest BCUT2D eigenvalue weighted by atomic mass is 10.1. The molecule has 0 aliphatic heterocycles. The first-order valence-corrected chi connectivity index (χ1v) is 4.11. The van der Waals surface area contributed by atoms with Gasteiger partial charge < -0.3 is 9.90 Å². The third-order valence-corrected chi connectivity index (χ3v) is 1.64. The highest BCUT2D eigenvalue weighted by atomic mass is 19.1. The van der Waals surface area contributed by atoms with Gasteiger partial charge in [-0.15, -0.1) is 0 Å². The fourth-order valence-corrected chi connectivity index (χ4v) is 1.01. The molecule has 0 aliphatic carbocycles. The second-order valence-electron chi connectivity index (χ2n) is 2.64. The molecule has 0 aromatic heterocycles. The molecular weight excluding hydrogens is 199 g/mol. The molecule has 4 heteroatoms. The van der Waals surface area contributed by atoms with Gasteiger partial charge in [-0.3, -0.25) is 0 Å². The number of carbonyl (C=O) groups excluding carboxylic acids is 1. The standard InChI is InChI=1S/C11H7FO3/c12-10-6-3-5-9(11(14)15)8(10)4-1-2-7-13/h3,5-7H,2H2,(H,14,15). The molecule has 0 saturated heterocycles. The first kappa shape index (κ1) is 10.9. The van der Waals surface area contributed by atoms with Crippen molar-refractivity contribution in [1.29, 1.82) is 0 Å². The average molecular weight is 206 g/mol. The maximum absolute atomic E-state index is 13.2. The van der Waals surface area contributed by atoms with Crippen molar-refractivity contribution in [2.45, 2.75) is 6.42 Å². The summed E-state index contributed by atoms with van der Waals surface area (Å²) in [7, 11) is 0. The normalized spacial score (nSPS) is 8.87. The minimum atomic E-state index is -1.25. The fraction of sp³-hybridized carbons (Fsp3) is 0.0909. The van der Waals surface area contributed by atoms with Gasteiger partial charge in [0.05, 0.1) is 17.5 Å². The summed E-state index contributed by atoms with van der Waals surface area (Å²) in [5.74, 6) is 2.75. The predicted molar refractivity (Wildman–Crippen MR) is 50.9 cm³/mol. The Morgan fingerprint density at radius 1 is 1.53 bits per heavy atom. The Balaban J connectivity index is 3.20. The quantitative estimate of drug-likeness (QED) is 0.588. The van der Waals surface area contributed by atoms with Crippen LogP contribution in [0.25, 0.3) is 0 Å². The van der Waals surface area contributed by atoms with Gasteiger partial charge in [0.1, 0.15) is 12.1 Å². The maximum atomic E-state index is 13.2. The molecule has 3 nitrogen and oxygen atoms in total. The molecule has 0 heterocycles. The van der Waals surface area contributed by atoms with Gasteiger partial charge in [-0.2, -0.15) is 0 Å². The summed E-state index contributed by atoms with van der Waals surface area (Å²) in [6, 6.07) is 3.68. The van der Waals surface area contributed by atoms with Gasteiger partial charge in [-0.25, -0.2) is 9.18 Å². The van der Waals surface area contributed by atoms with E-state index in [0.29, 0.717) is 6.29 Å². The summed E-state index contributed by atoms with van der Waals surface area (Å²) in [6.45, 7) is 0. The van der Waals surface area contributed by atoms with Gasteiger partial charge in [0.25, 0.3) is 0 Å². The number of hydrogen-bond donors (Lipinski definition) is 1. The topological polar surface area (TPSA) is 54.4 Å². The molecule has 0 atom stereocenters. The van der Waals surface area contributed by atoms with Gasteiger partial charge >= 0.3 is 5.97 Å². The van der Waals surface area contributed by atoms with Crippen molar-refractivity contribution in [3.63, 3.8) is 0 Å². The molecule has 1 aromatic rings. The lowest BCUT2D eigenvalue weighted by molar-refractivity contribution is -0.107. The second-order valence-corrected chi connectivity index (χ2v) is 2.64. The van der Waals surface area contributed by atoms with E-state index in [-0.39, 0.29) is 17.5 Å². The molecule has 0 unspecified atom stereocenters. The summed E-state index contributed by atoms with van der Waals surface area (Å²) < 4.78 is 13.2. The van der Waals surface area contributed by atoms with Gasteiger partial charge in [-0.05, 0) is 12.1 Å². The second kappa shape index (κ2) is 4.91. The number of carboxylic acids is 1. The summed E-state index contributed by atoms with van der Waals surface area (Å²) in [5, 5.41) is 8.74. The molecule has 0 bridgehead atoms. The maximum Gasteiger partial charge on any atom is 0.337 e. The van der Waals surface area contributed by atoms with Crippen molar-refractivity contribution in [3.05, 3.63) is 35.1 Å². The number of rotatable bonds is 2. The van der Waals surface area contributed by atoms with Crippen LogP contribution in [-0.2, 0) is 4.79 Å². The first-order chi connectivity index (χ1) is 7.16. The molecule has 15 heavy (non-hydrogen) atoms. The fourth-order valence-electron chi connectivity index (χ4n) is 1.01. The highest BCUT2D eigenvalue weighted by molar-refractivity contribution is 5.90. The Kier molecular flexibility index (Phi) is 3.58. The lowest BCUT2D eigenvalue weighted by Crippen LogP contribution is -2.01. The van der Waals surface area contributed by atoms with Crippen molar-refractivity contribution in [3.8, 4) is 11.8 Å². The van der Waals surface area contributed by atoms with Crippen molar-refractivity contribution >= 4 is 12.3 Å². The van der Waals surface area contributed by atoms with Crippen LogP contribution in [0.3, 0.4) is 0 Å². The summed E-state index contributed by atoms with van der Waals surface area (Å²) in [4.78, 5) is 20.7. The van der Waals surface area contributed by atoms with Crippen LogP contribution in [0.4, 0.5) is 4.39 Å². The number of hydrogen-bond acceptors (Lipinski definition) is 2. The number of halogens is 1. The van der Waals surface area contributed by atoms with Crippen LogP contribution in [0.15, 0.2) is 18.2 Å². The van der Waals surface area contributed by atoms with Crippen molar-refractivity contribution in [2.24, 2.45) is 0 Å². The Morgan fingerprint density at radius 3 is 2.87 bits per heavy atom. The molecule has 76 valence electrons. The Morgan fingerprint density at radius 2 is 2.27 bits per heavy atom. The predicted octanol–water partition coefficient (Wildman–Crippen LogP) is 1.46. The van der Waals surface area contributed by atoms with E-state index in [0.717, 1.165) is 6.07 Å². The molecule has 0 aliphatic rings. The van der Waals surface area contributed by atoms with Gasteiger partial charge in [0.15, 0.2) is 0 Å². The minimum absolute atomic E-state index is 0.0482. The Hall–Kier alpha value is -2.15. The molecule has 0 radical (unpaired) electrons. The smallest absolute Gasteiger partial charge is 0.337 e. The molecule has 1 N–H and O–H groups in total. The van der Waals surface area contributed by atoms with E-state index in [1.807, 2.05) is 0 Å². The van der Waals surface area contributed by atoms with E-state index in [2.05, 4.69) is 11.8 Å². The monoisotopic (exact) mass is 206 g/mol. The van der Waals surface area contributed by atoms with E-state index in [1.165, 1.54) is 12.1 Å². The van der Waals surface area contributed by atoms with E-state index in [4.69, 9.17) is 5.11 Å². The zero-order chi connectivity index (χ0) is 11.3. The van der Waals surface area contributed by atoms with Crippen LogP contribution in [-0.4, -0.2) is 17.4 Å². The van der Waals surface area contributed by atoms with Gasteiger partial charge in [0.2, 0.25) is 0 Å². The minimum Gasteiger partial charge on any atom is -0.478 e. The largest absolute Gasteiger partial charge is 0.478 e. The summed E-state index contributed by atoms with van der Waals surface area (Å²) >= 11 is 0. The highest BCUT2D eigenvalue weighted by Crippen LogP contribution is 2.12. The molecular formula is C11H7FO3. The highest BCUT2D eigenvalue weighted by Gasteiger charge is 2.11. The third-order valence-electron chi connectivity index (χ3n) is 1.64. The zero-order valence-electron chi connectivity index (χ0n) is 7.66. The molecule has 0 fully saturated rings. The van der Waals surface area contributed by atoms with Crippen molar-refractivity contribution < 1.29 is 19.1 Å². The Bertz CT molecular complexity index is 455. The van der Waals surface area contributed by atoms with Crippen molar-refractivity contribution in [2.75, 3.05) is 0 Å². The van der Waals surface area contributed by atoms with E-state index < -0.39 is 11.8 Å². The number of carbonyl (C=O) groups is 2. The van der Waals surface area contributed by atoms with Gasteiger partial charge in [0, 0.05) is 0 Å². The molecule has 0 saturated carbocycles. The first-order valence-electron chi connectivity index (χ1n) is 4.11. The molecule has 1 aromatic carbocycles. The summed E-state index contributed by atoms with van der Waals surface area (Å²) in [5.41, 5.74) is -0.389. The number of carboxylic acid groups (broad SMARTS) is 1. The van der Waals surface area contributed by atoms with E-state index >= 15 is 0 Å². The van der Waals surface area contributed by atoms with Crippen molar-refractivity contribution in [1.82, 2.24) is 0 Å². The number of aldehydes is 1. The number of aromatic carboxylic acids is 1. The third kappa shape index (κ3) is 2.64. The molecule has 1 rings (SSSR count). The van der Waals surface area contributed by atoms with Crippen LogP contribution in [0, 0.1) is 17.7 Å². The average Bonchev–Trinajstić information content (AvgIpc) is 2.20. The Labute approximate surface area is 85.5 Å². The van der Waals surface area contributed by atoms with Crippen LogP contribution >= 0.6 is 0 Å². The van der Waals surface area contributed by atoms with Crippen LogP contribution in [0.1, 0.15) is 22.3 Å². The van der Waals surface area contributed by atoms with E-state index in [9.17, 15) is 14.0 Å². The number of benzene rings is 1. The molecule has 0 amide bonds. The summed E-state index contributed by atoms with van der Waals surface area (Å²) in [6.07, 6.45) is 0.516. The van der Waals surface area contributed by atoms with Crippen LogP contribution in [0.2, 0.25) is 0 Å². The zero-order valence-corrected chi connectivity index (χ0v) is 7.66. The van der Waals surface area contributed by atoms with Gasteiger partial charge in [-0.1, -0.05) is 17.9 Å². The van der Waals surface area contributed by atoms with Crippen LogP contribution in [0.5, 0.6) is 0 Å². The molecule has 0 spiro atoms. The SMILES string of the molecule is O=CCC#Cc1c(F)cccc1C(=O)O. The lowest BCUT2D eigenvalue weighted by Gasteiger charge is -1.99. The van der Waals surface area contributed by atoms with E-state index in [1.54, 1.807) is 0 Å². The van der Waals surface area contributed by atoms with Crippen LogP contribution < -0.4 is 0 Å².